The number of ketones is 1. The molecule has 2 rings (SSSR count). The van der Waals surface area contributed by atoms with Crippen molar-refractivity contribution in [1.29, 1.82) is 0 Å². The summed E-state index contributed by atoms with van der Waals surface area (Å²) in [6, 6.07) is 12.8. The third-order valence-electron chi connectivity index (χ3n) is 2.43. The van der Waals surface area contributed by atoms with Gasteiger partial charge in [-0.05, 0) is 23.8 Å². The number of thiophene rings is 1. The van der Waals surface area contributed by atoms with E-state index in [1.165, 1.54) is 6.07 Å². The summed E-state index contributed by atoms with van der Waals surface area (Å²) in [7, 11) is 0. The predicted molar refractivity (Wildman–Crippen MR) is 77.3 cm³/mol. The molecule has 102 valence electrons. The summed E-state index contributed by atoms with van der Waals surface area (Å²) in [5, 5.41) is 9.11. The van der Waals surface area contributed by atoms with Crippen molar-refractivity contribution in [3.63, 3.8) is 0 Å². The first-order chi connectivity index (χ1) is 9.66. The highest BCUT2D eigenvalue weighted by atomic mass is 32.1. The van der Waals surface area contributed by atoms with Crippen molar-refractivity contribution in [3.05, 3.63) is 59.0 Å². The summed E-state index contributed by atoms with van der Waals surface area (Å²) in [6.45, 7) is 0.357. The Hall–Kier alpha value is -2.40. The van der Waals surface area contributed by atoms with Gasteiger partial charge in [-0.1, -0.05) is 47.7 Å². The van der Waals surface area contributed by atoms with Crippen LogP contribution in [0.1, 0.15) is 15.2 Å². The minimum absolute atomic E-state index is 0.166. The van der Waals surface area contributed by atoms with E-state index in [0.29, 0.717) is 11.7 Å². The number of rotatable bonds is 6. The van der Waals surface area contributed by atoms with Crippen molar-refractivity contribution in [2.45, 2.75) is 0 Å². The second-order valence-electron chi connectivity index (χ2n) is 3.88. The normalized spacial score (nSPS) is 10.6. The summed E-state index contributed by atoms with van der Waals surface area (Å²) in [5.41, 5.74) is 1.07. The van der Waals surface area contributed by atoms with Gasteiger partial charge in [0, 0.05) is 0 Å². The summed E-state index contributed by atoms with van der Waals surface area (Å²) >= 11 is 1.03. The molecule has 0 aliphatic carbocycles. The fraction of sp³-hybridized carbons (Fsp3) is 0.0667. The van der Waals surface area contributed by atoms with Gasteiger partial charge in [-0.2, -0.15) is 0 Å². The Morgan fingerprint density at radius 1 is 1.15 bits per heavy atom. The summed E-state index contributed by atoms with van der Waals surface area (Å²) in [4.78, 5) is 21.9. The lowest BCUT2D eigenvalue weighted by atomic mass is 10.2. The average Bonchev–Trinajstić information content (AvgIpc) is 2.92. The number of hydrogen-bond donors (Lipinski definition) is 1. The number of carbonyl (C=O) groups is 2. The monoisotopic (exact) mass is 288 g/mol. The molecule has 0 fully saturated rings. The van der Waals surface area contributed by atoms with Crippen molar-refractivity contribution in [1.82, 2.24) is 0 Å². The lowest BCUT2D eigenvalue weighted by Crippen LogP contribution is -2.10. The molecular formula is C15H12O4S. The highest BCUT2D eigenvalue weighted by Gasteiger charge is 2.16. The van der Waals surface area contributed by atoms with Crippen LogP contribution in [0.25, 0.3) is 6.08 Å². The first kappa shape index (κ1) is 14.0. The molecule has 0 spiro atoms. The molecule has 0 saturated carbocycles. The van der Waals surface area contributed by atoms with Crippen molar-refractivity contribution in [3.8, 4) is 5.06 Å². The van der Waals surface area contributed by atoms with Crippen LogP contribution in [0.2, 0.25) is 0 Å². The van der Waals surface area contributed by atoms with E-state index in [2.05, 4.69) is 0 Å². The van der Waals surface area contributed by atoms with Crippen molar-refractivity contribution < 1.29 is 19.4 Å². The summed E-state index contributed by atoms with van der Waals surface area (Å²) in [5.74, 6) is -2.37. The van der Waals surface area contributed by atoms with Crippen molar-refractivity contribution >= 4 is 29.2 Å². The van der Waals surface area contributed by atoms with Crippen molar-refractivity contribution in [2.24, 2.45) is 0 Å². The summed E-state index contributed by atoms with van der Waals surface area (Å²) < 4.78 is 5.42. The zero-order valence-corrected chi connectivity index (χ0v) is 11.3. The van der Waals surface area contributed by atoms with E-state index in [0.717, 1.165) is 16.9 Å². The number of carboxylic acid groups (broad SMARTS) is 1. The Morgan fingerprint density at radius 2 is 1.90 bits per heavy atom. The number of carbonyl (C=O) groups excluding carboxylic acids is 1. The van der Waals surface area contributed by atoms with Gasteiger partial charge in [-0.25, -0.2) is 4.79 Å². The average molecular weight is 288 g/mol. The zero-order chi connectivity index (χ0) is 14.4. The fourth-order valence-electron chi connectivity index (χ4n) is 1.50. The molecule has 2 aromatic rings. The molecular weight excluding hydrogens is 276 g/mol. The molecule has 0 radical (unpaired) electrons. The highest BCUT2D eigenvalue weighted by molar-refractivity contribution is 7.16. The first-order valence-corrected chi connectivity index (χ1v) is 6.70. The molecule has 1 aromatic carbocycles. The molecule has 5 heteroatoms. The molecule has 0 saturated heterocycles. The minimum atomic E-state index is -1.46. The molecule has 0 atom stereocenters. The molecule has 0 aliphatic rings. The van der Waals surface area contributed by atoms with Gasteiger partial charge in [0.15, 0.2) is 5.06 Å². The van der Waals surface area contributed by atoms with E-state index in [1.807, 2.05) is 42.5 Å². The van der Waals surface area contributed by atoms with Gasteiger partial charge in [0.2, 0.25) is 0 Å². The molecule has 1 N–H and O–H groups in total. The van der Waals surface area contributed by atoms with Crippen LogP contribution in [-0.4, -0.2) is 23.5 Å². The van der Waals surface area contributed by atoms with Crippen LogP contribution < -0.4 is 4.74 Å². The SMILES string of the molecule is O=C(O)C(=O)c1ccc(OCC=Cc2ccccc2)s1. The van der Waals surface area contributed by atoms with Crippen LogP contribution >= 0.6 is 11.3 Å². The molecule has 4 nitrogen and oxygen atoms in total. The van der Waals surface area contributed by atoms with Gasteiger partial charge in [-0.15, -0.1) is 0 Å². The second-order valence-corrected chi connectivity index (χ2v) is 4.92. The largest absolute Gasteiger partial charge is 0.480 e. The Morgan fingerprint density at radius 3 is 2.60 bits per heavy atom. The molecule has 1 heterocycles. The quantitative estimate of drug-likeness (QED) is 0.655. The van der Waals surface area contributed by atoms with Crippen molar-refractivity contribution in [2.75, 3.05) is 6.61 Å². The first-order valence-electron chi connectivity index (χ1n) is 5.88. The maximum atomic E-state index is 11.2. The van der Waals surface area contributed by atoms with Crippen LogP contribution in [0.15, 0.2) is 48.5 Å². The lowest BCUT2D eigenvalue weighted by molar-refractivity contribution is -0.131. The predicted octanol–water partition coefficient (Wildman–Crippen LogP) is 3.11. The lowest BCUT2D eigenvalue weighted by Gasteiger charge is -1.98. The van der Waals surface area contributed by atoms with E-state index < -0.39 is 11.8 Å². The molecule has 0 aliphatic heterocycles. The molecule has 1 aromatic heterocycles. The summed E-state index contributed by atoms with van der Waals surface area (Å²) in [6.07, 6.45) is 3.78. The fourth-order valence-corrected chi connectivity index (χ4v) is 2.30. The molecule has 0 unspecified atom stereocenters. The Balaban J connectivity index is 1.87. The van der Waals surface area contributed by atoms with Gasteiger partial charge >= 0.3 is 5.97 Å². The van der Waals surface area contributed by atoms with Gasteiger partial charge < -0.3 is 9.84 Å². The number of ether oxygens (including phenoxy) is 1. The number of Topliss-reactive ketones (excluding diaryl/α,β-unsaturated/α-hetero) is 1. The number of hydrogen-bond acceptors (Lipinski definition) is 4. The molecule has 20 heavy (non-hydrogen) atoms. The van der Waals surface area contributed by atoms with E-state index in [1.54, 1.807) is 6.07 Å². The standard InChI is InChI=1S/C15H12O4S/c16-14(15(17)18)12-8-9-13(20-12)19-10-4-7-11-5-2-1-3-6-11/h1-9H,10H2,(H,17,18). The minimum Gasteiger partial charge on any atom is -0.480 e. The van der Waals surface area contributed by atoms with E-state index >= 15 is 0 Å². The molecule has 0 amide bonds. The van der Waals surface area contributed by atoms with Crippen LogP contribution in [-0.2, 0) is 4.79 Å². The topological polar surface area (TPSA) is 63.6 Å². The Labute approximate surface area is 119 Å². The van der Waals surface area contributed by atoms with Gasteiger partial charge in [0.1, 0.15) is 6.61 Å². The Bertz CT molecular complexity index is 628. The number of benzene rings is 1. The third kappa shape index (κ3) is 3.80. The highest BCUT2D eigenvalue weighted by Crippen LogP contribution is 2.24. The second kappa shape index (κ2) is 6.68. The number of aliphatic carboxylic acids is 1. The van der Waals surface area contributed by atoms with E-state index in [-0.39, 0.29) is 4.88 Å². The van der Waals surface area contributed by atoms with E-state index in [9.17, 15) is 9.59 Å². The van der Waals surface area contributed by atoms with E-state index in [4.69, 9.17) is 9.84 Å². The maximum absolute atomic E-state index is 11.2. The smallest absolute Gasteiger partial charge is 0.378 e. The van der Waals surface area contributed by atoms with Crippen LogP contribution in [0.5, 0.6) is 5.06 Å². The van der Waals surface area contributed by atoms with Crippen LogP contribution in [0.4, 0.5) is 0 Å². The third-order valence-corrected chi connectivity index (χ3v) is 3.43. The van der Waals surface area contributed by atoms with Gasteiger partial charge in [0.25, 0.3) is 5.78 Å². The van der Waals surface area contributed by atoms with Gasteiger partial charge in [0.05, 0.1) is 4.88 Å². The van der Waals surface area contributed by atoms with Crippen LogP contribution in [0, 0.1) is 0 Å². The Kier molecular flexibility index (Phi) is 4.68. The maximum Gasteiger partial charge on any atom is 0.378 e. The van der Waals surface area contributed by atoms with Crippen LogP contribution in [0.3, 0.4) is 0 Å². The number of carboxylic acids is 1. The van der Waals surface area contributed by atoms with Gasteiger partial charge in [-0.3, -0.25) is 4.79 Å². The molecule has 0 bridgehead atoms. The zero-order valence-electron chi connectivity index (χ0n) is 10.5.